The molecule has 4 heterocycles. The molecule has 4 fully saturated rings. The summed E-state index contributed by atoms with van der Waals surface area (Å²) in [5.74, 6) is -0.733. The quantitative estimate of drug-likeness (QED) is 0.0487. The third kappa shape index (κ3) is 17.0. The highest BCUT2D eigenvalue weighted by Gasteiger charge is 2.52. The maximum atomic E-state index is 13.4. The standard InChI is InChI=1S/C48H84N2O8/c1-3-5-7-9-11-13-15-17-19-21-23-25-27-33-43(51)49-35-29-31-39(49)47(53)57-41-37-55-46-42(38-56-45(41)46)58-48(54)40-32-30-36-50(40)44(52)34-28-26-24-22-20-18-16-14-12-10-8-6-4-2/h39-42,45-46H,3-38H2,1-2H3. The molecular weight excluding hydrogens is 733 g/mol. The number of carbonyl (C=O) groups is 4. The van der Waals surface area contributed by atoms with Crippen LogP contribution in [0.3, 0.4) is 0 Å². The molecule has 334 valence electrons. The number of ether oxygens (including phenoxy) is 4. The minimum Gasteiger partial charge on any atom is -0.455 e. The Balaban J connectivity index is 1.06. The Morgan fingerprint density at radius 2 is 0.741 bits per heavy atom. The van der Waals surface area contributed by atoms with Gasteiger partial charge in [-0.1, -0.05) is 168 Å². The van der Waals surface area contributed by atoms with Gasteiger partial charge < -0.3 is 28.7 Å². The van der Waals surface area contributed by atoms with E-state index in [1.807, 2.05) is 0 Å². The summed E-state index contributed by atoms with van der Waals surface area (Å²) in [6.07, 6.45) is 34.2. The van der Waals surface area contributed by atoms with Crippen molar-refractivity contribution in [3.8, 4) is 0 Å². The van der Waals surface area contributed by atoms with Crippen molar-refractivity contribution in [1.82, 2.24) is 9.80 Å². The lowest BCUT2D eigenvalue weighted by Gasteiger charge is -2.26. The highest BCUT2D eigenvalue weighted by Crippen LogP contribution is 2.33. The lowest BCUT2D eigenvalue weighted by molar-refractivity contribution is -0.163. The average molecular weight is 817 g/mol. The van der Waals surface area contributed by atoms with Crippen LogP contribution < -0.4 is 0 Å². The monoisotopic (exact) mass is 817 g/mol. The molecule has 6 unspecified atom stereocenters. The number of unbranched alkanes of at least 4 members (excludes halogenated alkanes) is 24. The van der Waals surface area contributed by atoms with Crippen LogP contribution in [0.4, 0.5) is 0 Å². The fourth-order valence-electron chi connectivity index (χ4n) is 9.58. The van der Waals surface area contributed by atoms with Gasteiger partial charge in [0.05, 0.1) is 13.2 Å². The van der Waals surface area contributed by atoms with Crippen molar-refractivity contribution in [2.45, 2.75) is 256 Å². The number of rotatable bonds is 32. The normalized spacial score (nSPS) is 24.1. The number of hydrogen-bond acceptors (Lipinski definition) is 8. The number of esters is 2. The van der Waals surface area contributed by atoms with Crippen LogP contribution in [0.2, 0.25) is 0 Å². The molecule has 0 saturated carbocycles. The average Bonchev–Trinajstić information content (AvgIpc) is 4.05. The largest absolute Gasteiger partial charge is 0.455 e. The Morgan fingerprint density at radius 3 is 1.05 bits per heavy atom. The third-order valence-electron chi connectivity index (χ3n) is 13.2. The molecule has 0 aromatic heterocycles. The van der Waals surface area contributed by atoms with Gasteiger partial charge >= 0.3 is 11.9 Å². The zero-order valence-corrected chi connectivity index (χ0v) is 37.1. The predicted octanol–water partition coefficient (Wildman–Crippen LogP) is 10.6. The molecule has 4 rings (SSSR count). The molecule has 6 atom stereocenters. The zero-order valence-electron chi connectivity index (χ0n) is 37.1. The van der Waals surface area contributed by atoms with E-state index in [1.165, 1.54) is 128 Å². The number of likely N-dealkylation sites (tertiary alicyclic amines) is 2. The summed E-state index contributed by atoms with van der Waals surface area (Å²) in [6, 6.07) is -1.15. The Bertz CT molecular complexity index is 1080. The molecule has 0 aromatic rings. The predicted molar refractivity (Wildman–Crippen MR) is 229 cm³/mol. The van der Waals surface area contributed by atoms with Crippen LogP contribution >= 0.6 is 0 Å². The van der Waals surface area contributed by atoms with E-state index < -0.39 is 48.4 Å². The van der Waals surface area contributed by atoms with E-state index in [9.17, 15) is 19.2 Å². The number of carbonyl (C=O) groups excluding carboxylic acids is 4. The van der Waals surface area contributed by atoms with E-state index in [1.54, 1.807) is 9.80 Å². The second-order valence-electron chi connectivity index (χ2n) is 18.0. The van der Waals surface area contributed by atoms with Crippen LogP contribution in [0.15, 0.2) is 0 Å². The highest BCUT2D eigenvalue weighted by molar-refractivity contribution is 5.86. The molecule has 10 heteroatoms. The molecule has 4 aliphatic rings. The second-order valence-corrected chi connectivity index (χ2v) is 18.0. The topological polar surface area (TPSA) is 112 Å². The van der Waals surface area contributed by atoms with Crippen molar-refractivity contribution < 1.29 is 38.1 Å². The van der Waals surface area contributed by atoms with E-state index in [0.717, 1.165) is 51.4 Å². The molecular formula is C48H84N2O8. The minimum atomic E-state index is -0.621. The molecule has 58 heavy (non-hydrogen) atoms. The third-order valence-corrected chi connectivity index (χ3v) is 13.2. The molecule has 0 N–H and O–H groups in total. The maximum absolute atomic E-state index is 13.4. The Kier molecular flexibility index (Phi) is 24.3. The summed E-state index contributed by atoms with van der Waals surface area (Å²) in [4.78, 5) is 56.5. The summed E-state index contributed by atoms with van der Waals surface area (Å²) in [5.41, 5.74) is 0. The van der Waals surface area contributed by atoms with E-state index in [2.05, 4.69) is 13.8 Å². The first-order valence-corrected chi connectivity index (χ1v) is 24.7. The van der Waals surface area contributed by atoms with Crippen LogP contribution in [0.5, 0.6) is 0 Å². The molecule has 2 amide bonds. The van der Waals surface area contributed by atoms with Crippen LogP contribution in [0, 0.1) is 0 Å². The fraction of sp³-hybridized carbons (Fsp3) is 0.917. The van der Waals surface area contributed by atoms with Crippen LogP contribution in [0.1, 0.15) is 219 Å². The van der Waals surface area contributed by atoms with Crippen molar-refractivity contribution in [3.63, 3.8) is 0 Å². The summed E-state index contributed by atoms with van der Waals surface area (Å²) in [7, 11) is 0. The van der Waals surface area contributed by atoms with Gasteiger partial charge in [-0.15, -0.1) is 0 Å². The summed E-state index contributed by atoms with van der Waals surface area (Å²) in [5, 5.41) is 0. The van der Waals surface area contributed by atoms with Gasteiger partial charge in [0.2, 0.25) is 11.8 Å². The molecule has 0 spiro atoms. The minimum absolute atomic E-state index is 0.0379. The molecule has 10 nitrogen and oxygen atoms in total. The van der Waals surface area contributed by atoms with E-state index in [4.69, 9.17) is 18.9 Å². The van der Waals surface area contributed by atoms with Crippen molar-refractivity contribution in [1.29, 1.82) is 0 Å². The number of hydrogen-bond donors (Lipinski definition) is 0. The van der Waals surface area contributed by atoms with Gasteiger partial charge in [0.15, 0.2) is 12.2 Å². The Hall–Kier alpha value is -2.20. The first-order valence-electron chi connectivity index (χ1n) is 24.7. The van der Waals surface area contributed by atoms with E-state index in [0.29, 0.717) is 38.8 Å². The molecule has 0 aromatic carbocycles. The Labute approximate surface area is 352 Å². The fourth-order valence-corrected chi connectivity index (χ4v) is 9.58. The summed E-state index contributed by atoms with van der Waals surface area (Å²) < 4.78 is 23.9. The Morgan fingerprint density at radius 1 is 0.448 bits per heavy atom. The first-order chi connectivity index (χ1) is 28.4. The van der Waals surface area contributed by atoms with E-state index in [-0.39, 0.29) is 25.0 Å². The lowest BCUT2D eigenvalue weighted by Crippen LogP contribution is -2.45. The molecule has 0 aliphatic carbocycles. The highest BCUT2D eigenvalue weighted by atomic mass is 16.7. The number of fused-ring (bicyclic) bond motifs is 1. The molecule has 4 aliphatic heterocycles. The van der Waals surface area contributed by atoms with Crippen LogP contribution in [0.25, 0.3) is 0 Å². The van der Waals surface area contributed by atoms with Crippen LogP contribution in [-0.2, 0) is 38.1 Å². The first kappa shape index (κ1) is 48.5. The maximum Gasteiger partial charge on any atom is 0.329 e. The second kappa shape index (κ2) is 29.1. The van der Waals surface area contributed by atoms with E-state index >= 15 is 0 Å². The van der Waals surface area contributed by atoms with Gasteiger partial charge in [-0.2, -0.15) is 0 Å². The van der Waals surface area contributed by atoms with Gasteiger partial charge in [-0.3, -0.25) is 9.59 Å². The van der Waals surface area contributed by atoms with Crippen molar-refractivity contribution >= 4 is 23.8 Å². The SMILES string of the molecule is CCCCCCCCCCCCCCCC(=O)N1CCCC1C(=O)OC1COC2C(OC(=O)C3CCCN3C(=O)CCCCCCCCCCCCCCC)COC12. The molecule has 0 bridgehead atoms. The summed E-state index contributed by atoms with van der Waals surface area (Å²) >= 11 is 0. The van der Waals surface area contributed by atoms with Gasteiger partial charge in [0, 0.05) is 25.9 Å². The number of amides is 2. The van der Waals surface area contributed by atoms with Gasteiger partial charge in [0.25, 0.3) is 0 Å². The van der Waals surface area contributed by atoms with Gasteiger partial charge in [-0.05, 0) is 38.5 Å². The lowest BCUT2D eigenvalue weighted by atomic mass is 10.0. The van der Waals surface area contributed by atoms with Gasteiger partial charge in [-0.25, -0.2) is 9.59 Å². The van der Waals surface area contributed by atoms with Gasteiger partial charge in [0.1, 0.15) is 24.3 Å². The molecule has 0 radical (unpaired) electrons. The summed E-state index contributed by atoms with van der Waals surface area (Å²) in [6.45, 7) is 6.00. The zero-order chi connectivity index (χ0) is 41.2. The van der Waals surface area contributed by atoms with Crippen molar-refractivity contribution in [2.24, 2.45) is 0 Å². The molecule has 4 saturated heterocycles. The number of nitrogens with zero attached hydrogens (tertiary/aromatic N) is 2. The van der Waals surface area contributed by atoms with Crippen molar-refractivity contribution in [3.05, 3.63) is 0 Å². The van der Waals surface area contributed by atoms with Crippen molar-refractivity contribution in [2.75, 3.05) is 26.3 Å². The van der Waals surface area contributed by atoms with Crippen LogP contribution in [-0.4, -0.2) is 96.4 Å². The smallest absolute Gasteiger partial charge is 0.329 e.